The van der Waals surface area contributed by atoms with Crippen molar-refractivity contribution in [1.29, 1.82) is 0 Å². The first-order valence-electron chi connectivity index (χ1n) is 12.2. The summed E-state index contributed by atoms with van der Waals surface area (Å²) in [6.45, 7) is 4.12. The van der Waals surface area contributed by atoms with E-state index >= 15 is 0 Å². The molecule has 1 amide bonds. The van der Waals surface area contributed by atoms with Gasteiger partial charge in [-0.3, -0.25) is 4.79 Å². The summed E-state index contributed by atoms with van der Waals surface area (Å²) in [5, 5.41) is 3.71. The number of nitrogens with zero attached hydrogens (tertiary/aromatic N) is 4. The fourth-order valence-corrected chi connectivity index (χ4v) is 5.10. The molecule has 0 radical (unpaired) electrons. The molecular formula is C28H35N5O3S. The van der Waals surface area contributed by atoms with E-state index in [1.807, 2.05) is 61.5 Å². The van der Waals surface area contributed by atoms with Crippen LogP contribution in [0.5, 0.6) is 11.5 Å². The Balaban J connectivity index is 1.50. The van der Waals surface area contributed by atoms with Crippen LogP contribution in [-0.2, 0) is 5.75 Å². The molecule has 4 rings (SSSR count). The normalized spacial score (nSPS) is 13.8. The zero-order valence-corrected chi connectivity index (χ0v) is 23.0. The molecular weight excluding hydrogens is 486 g/mol. The van der Waals surface area contributed by atoms with Gasteiger partial charge in [0.2, 0.25) is 0 Å². The number of benzene rings is 2. The van der Waals surface area contributed by atoms with Crippen LogP contribution >= 0.6 is 11.8 Å². The van der Waals surface area contributed by atoms with Gasteiger partial charge in [-0.25, -0.2) is 4.98 Å². The third kappa shape index (κ3) is 6.67. The van der Waals surface area contributed by atoms with Gasteiger partial charge in [0, 0.05) is 69.0 Å². The van der Waals surface area contributed by atoms with Crippen molar-refractivity contribution in [3.05, 3.63) is 65.7 Å². The highest BCUT2D eigenvalue weighted by atomic mass is 32.2. The van der Waals surface area contributed by atoms with Crippen LogP contribution in [0.4, 0.5) is 17.2 Å². The summed E-state index contributed by atoms with van der Waals surface area (Å²) in [5.41, 5.74) is 3.46. The number of pyridine rings is 1. The van der Waals surface area contributed by atoms with Gasteiger partial charge in [0.15, 0.2) is 0 Å². The molecule has 0 spiro atoms. The number of rotatable bonds is 9. The minimum absolute atomic E-state index is 0.186. The first kappa shape index (κ1) is 26.6. The van der Waals surface area contributed by atoms with Crippen molar-refractivity contribution < 1.29 is 14.3 Å². The smallest absolute Gasteiger partial charge is 0.258 e. The van der Waals surface area contributed by atoms with Crippen molar-refractivity contribution >= 4 is 34.9 Å². The van der Waals surface area contributed by atoms with Crippen LogP contribution in [0.2, 0.25) is 0 Å². The lowest BCUT2D eigenvalue weighted by molar-refractivity contribution is 0.102. The molecule has 1 aliphatic rings. The second-order valence-electron chi connectivity index (χ2n) is 9.17. The Bertz CT molecular complexity index is 1210. The summed E-state index contributed by atoms with van der Waals surface area (Å²) in [4.78, 5) is 24.7. The van der Waals surface area contributed by atoms with Crippen LogP contribution < -0.4 is 24.6 Å². The van der Waals surface area contributed by atoms with Crippen molar-refractivity contribution in [3.8, 4) is 11.5 Å². The standard InChI is InChI=1S/C28H35N5O3S/c1-31(2)26-13-12-24(28(30-26)37-19-20-6-11-23(35-4)18-25(20)36-5)27(34)29-21-7-9-22(10-8-21)33-16-14-32(3)15-17-33/h6-13,18H,14-17,19H2,1-5H3,(H,29,34). The second-order valence-corrected chi connectivity index (χ2v) is 10.1. The molecule has 8 nitrogen and oxygen atoms in total. The number of likely N-dealkylation sites (N-methyl/N-ethyl adjacent to an activating group) is 1. The summed E-state index contributed by atoms with van der Waals surface area (Å²) in [7, 11) is 9.29. The lowest BCUT2D eigenvalue weighted by Gasteiger charge is -2.34. The average molecular weight is 522 g/mol. The van der Waals surface area contributed by atoms with E-state index in [1.165, 1.54) is 17.4 Å². The molecule has 2 aromatic carbocycles. The Morgan fingerprint density at radius 2 is 1.73 bits per heavy atom. The van der Waals surface area contributed by atoms with Crippen LogP contribution in [0.15, 0.2) is 59.6 Å². The minimum atomic E-state index is -0.186. The molecule has 2 heterocycles. The second kappa shape index (κ2) is 12.2. The number of hydrogen-bond acceptors (Lipinski definition) is 8. The molecule has 37 heavy (non-hydrogen) atoms. The fourth-order valence-electron chi connectivity index (χ4n) is 4.10. The summed E-state index contributed by atoms with van der Waals surface area (Å²) in [6, 6.07) is 17.5. The number of amides is 1. The number of piperazine rings is 1. The Kier molecular flexibility index (Phi) is 8.78. The maximum absolute atomic E-state index is 13.3. The Hall–Kier alpha value is -3.43. The molecule has 1 N–H and O–H groups in total. The number of carbonyl (C=O) groups is 1. The lowest BCUT2D eigenvalue weighted by atomic mass is 10.2. The number of hydrogen-bond donors (Lipinski definition) is 1. The molecule has 1 aliphatic heterocycles. The third-order valence-corrected chi connectivity index (χ3v) is 7.44. The SMILES string of the molecule is COc1ccc(CSc2nc(N(C)C)ccc2C(=O)Nc2ccc(N3CCN(C)CC3)cc2)c(OC)c1. The number of carbonyl (C=O) groups excluding carboxylic acids is 1. The summed E-state index contributed by atoms with van der Waals surface area (Å²) < 4.78 is 10.9. The molecule has 9 heteroatoms. The van der Waals surface area contributed by atoms with Gasteiger partial charge in [0.25, 0.3) is 5.91 Å². The maximum Gasteiger partial charge on any atom is 0.258 e. The van der Waals surface area contributed by atoms with Crippen molar-refractivity contribution in [2.24, 2.45) is 0 Å². The van der Waals surface area contributed by atoms with E-state index in [9.17, 15) is 4.79 Å². The van der Waals surface area contributed by atoms with Gasteiger partial charge in [-0.1, -0.05) is 6.07 Å². The number of ether oxygens (including phenoxy) is 2. The first-order chi connectivity index (χ1) is 17.9. The largest absolute Gasteiger partial charge is 0.497 e. The van der Waals surface area contributed by atoms with Crippen LogP contribution in [0, 0.1) is 0 Å². The molecule has 0 saturated carbocycles. The summed E-state index contributed by atoms with van der Waals surface area (Å²) in [6.07, 6.45) is 0. The third-order valence-electron chi connectivity index (χ3n) is 6.40. The predicted molar refractivity (Wildman–Crippen MR) is 152 cm³/mol. The van der Waals surface area contributed by atoms with E-state index in [1.54, 1.807) is 14.2 Å². The van der Waals surface area contributed by atoms with Crippen molar-refractivity contribution in [1.82, 2.24) is 9.88 Å². The molecule has 0 atom stereocenters. The minimum Gasteiger partial charge on any atom is -0.497 e. The van der Waals surface area contributed by atoms with Crippen molar-refractivity contribution in [2.45, 2.75) is 10.8 Å². The maximum atomic E-state index is 13.3. The van der Waals surface area contributed by atoms with Gasteiger partial charge in [-0.2, -0.15) is 0 Å². The van der Waals surface area contributed by atoms with Crippen molar-refractivity contribution in [2.75, 3.05) is 76.7 Å². The molecule has 1 fully saturated rings. The van der Waals surface area contributed by atoms with E-state index in [0.29, 0.717) is 16.3 Å². The quantitative estimate of drug-likeness (QED) is 0.414. The topological polar surface area (TPSA) is 70.2 Å². The number of nitrogens with one attached hydrogen (secondary N) is 1. The molecule has 0 unspecified atom stereocenters. The summed E-state index contributed by atoms with van der Waals surface area (Å²) >= 11 is 1.50. The zero-order valence-electron chi connectivity index (χ0n) is 22.2. The number of anilines is 3. The van der Waals surface area contributed by atoms with Gasteiger partial charge < -0.3 is 29.5 Å². The van der Waals surface area contributed by atoms with E-state index in [2.05, 4.69) is 34.3 Å². The highest BCUT2D eigenvalue weighted by Crippen LogP contribution is 2.33. The Labute approximate surface area is 223 Å². The highest BCUT2D eigenvalue weighted by Gasteiger charge is 2.18. The number of thioether (sulfide) groups is 1. The van der Waals surface area contributed by atoms with Crippen LogP contribution in [0.3, 0.4) is 0 Å². The van der Waals surface area contributed by atoms with Gasteiger partial charge in [-0.15, -0.1) is 11.8 Å². The molecule has 1 aromatic heterocycles. The first-order valence-corrected chi connectivity index (χ1v) is 13.2. The van der Waals surface area contributed by atoms with Gasteiger partial charge in [0.1, 0.15) is 22.3 Å². The van der Waals surface area contributed by atoms with E-state index in [4.69, 9.17) is 14.5 Å². The molecule has 1 saturated heterocycles. The molecule has 196 valence electrons. The van der Waals surface area contributed by atoms with Gasteiger partial charge in [-0.05, 0) is 49.5 Å². The predicted octanol–water partition coefficient (Wildman–Crippen LogP) is 4.46. The van der Waals surface area contributed by atoms with Gasteiger partial charge in [0.05, 0.1) is 19.8 Å². The van der Waals surface area contributed by atoms with Crippen LogP contribution in [-0.4, -0.2) is 77.3 Å². The lowest BCUT2D eigenvalue weighted by Crippen LogP contribution is -2.44. The summed E-state index contributed by atoms with van der Waals surface area (Å²) in [5.74, 6) is 2.67. The van der Waals surface area contributed by atoms with E-state index < -0.39 is 0 Å². The average Bonchev–Trinajstić information content (AvgIpc) is 2.92. The highest BCUT2D eigenvalue weighted by molar-refractivity contribution is 7.98. The Morgan fingerprint density at radius 1 is 1.00 bits per heavy atom. The monoisotopic (exact) mass is 521 g/mol. The molecule has 0 aliphatic carbocycles. The van der Waals surface area contributed by atoms with Crippen LogP contribution in [0.1, 0.15) is 15.9 Å². The zero-order chi connectivity index (χ0) is 26.4. The van der Waals surface area contributed by atoms with Crippen LogP contribution in [0.25, 0.3) is 0 Å². The molecule has 0 bridgehead atoms. The molecule has 3 aromatic rings. The number of methoxy groups -OCH3 is 2. The van der Waals surface area contributed by atoms with E-state index in [0.717, 1.165) is 54.7 Å². The number of aromatic nitrogens is 1. The van der Waals surface area contributed by atoms with Gasteiger partial charge >= 0.3 is 0 Å². The van der Waals surface area contributed by atoms with E-state index in [-0.39, 0.29) is 5.91 Å². The van der Waals surface area contributed by atoms with Crippen molar-refractivity contribution in [3.63, 3.8) is 0 Å². The Morgan fingerprint density at radius 3 is 2.38 bits per heavy atom. The fraction of sp³-hybridized carbons (Fsp3) is 0.357.